The zero-order chi connectivity index (χ0) is 19.2. The summed E-state index contributed by atoms with van der Waals surface area (Å²) in [6.07, 6.45) is 1.86. The summed E-state index contributed by atoms with van der Waals surface area (Å²) in [7, 11) is 0. The van der Waals surface area contributed by atoms with Crippen molar-refractivity contribution in [2.75, 3.05) is 13.1 Å². The highest BCUT2D eigenvalue weighted by atomic mass is 35.5. The highest BCUT2D eigenvalue weighted by molar-refractivity contribution is 6.30. The normalized spacial score (nSPS) is 17.0. The molecule has 1 aliphatic rings. The molecule has 1 fully saturated rings. The second kappa shape index (κ2) is 9.05. The first-order valence-corrected chi connectivity index (χ1v) is 9.75. The Labute approximate surface area is 165 Å². The molecule has 142 valence electrons. The van der Waals surface area contributed by atoms with Crippen molar-refractivity contribution in [2.45, 2.75) is 32.7 Å². The summed E-state index contributed by atoms with van der Waals surface area (Å²) < 4.78 is 0. The van der Waals surface area contributed by atoms with E-state index in [0.717, 1.165) is 12.0 Å². The van der Waals surface area contributed by atoms with Crippen LogP contribution in [0.2, 0.25) is 5.02 Å². The standard InChI is InChI=1S/C22H25ClN2O2/c1-16-4-2-3-5-18(16)12-13-24-22(27)19-8-11-21(26)25(15-19)14-17-6-9-20(23)10-7-17/h2-7,9-10,19H,8,11-15H2,1H3,(H,24,27)/t19-/m0/s1. The van der Waals surface area contributed by atoms with Gasteiger partial charge in [0.25, 0.3) is 0 Å². The molecule has 0 spiro atoms. The lowest BCUT2D eigenvalue weighted by atomic mass is 9.96. The SMILES string of the molecule is Cc1ccccc1CCNC(=O)[C@H]1CCC(=O)N(Cc2ccc(Cl)cc2)C1. The molecule has 0 unspecified atom stereocenters. The van der Waals surface area contributed by atoms with Gasteiger partial charge in [0.05, 0.1) is 5.92 Å². The van der Waals surface area contributed by atoms with E-state index in [2.05, 4.69) is 24.4 Å². The van der Waals surface area contributed by atoms with Crippen molar-refractivity contribution in [2.24, 2.45) is 5.92 Å². The summed E-state index contributed by atoms with van der Waals surface area (Å²) in [6, 6.07) is 15.7. The van der Waals surface area contributed by atoms with Crippen molar-refractivity contribution in [1.82, 2.24) is 10.2 Å². The number of amides is 2. The molecule has 0 radical (unpaired) electrons. The average Bonchev–Trinajstić information content (AvgIpc) is 2.66. The van der Waals surface area contributed by atoms with E-state index in [1.54, 1.807) is 4.90 Å². The van der Waals surface area contributed by atoms with Crippen LogP contribution in [-0.2, 0) is 22.6 Å². The highest BCUT2D eigenvalue weighted by Gasteiger charge is 2.30. The molecule has 2 aromatic carbocycles. The molecule has 3 rings (SSSR count). The van der Waals surface area contributed by atoms with E-state index in [-0.39, 0.29) is 17.7 Å². The van der Waals surface area contributed by atoms with Crippen LogP contribution in [0.15, 0.2) is 48.5 Å². The number of benzene rings is 2. The third-order valence-corrected chi connectivity index (χ3v) is 5.36. The van der Waals surface area contributed by atoms with Gasteiger partial charge in [-0.3, -0.25) is 9.59 Å². The number of carbonyl (C=O) groups excluding carboxylic acids is 2. The topological polar surface area (TPSA) is 49.4 Å². The van der Waals surface area contributed by atoms with Gasteiger partial charge in [0.1, 0.15) is 0 Å². The van der Waals surface area contributed by atoms with E-state index in [0.29, 0.717) is 37.5 Å². The lowest BCUT2D eigenvalue weighted by molar-refractivity contribution is -0.138. The van der Waals surface area contributed by atoms with Crippen LogP contribution in [0.25, 0.3) is 0 Å². The molecule has 1 aliphatic heterocycles. The Balaban J connectivity index is 1.52. The Morgan fingerprint density at radius 2 is 1.93 bits per heavy atom. The van der Waals surface area contributed by atoms with Crippen LogP contribution in [0.5, 0.6) is 0 Å². The lowest BCUT2D eigenvalue weighted by Gasteiger charge is -2.32. The molecule has 1 atom stereocenters. The summed E-state index contributed by atoms with van der Waals surface area (Å²) in [5.74, 6) is -0.00188. The molecule has 1 heterocycles. The Kier molecular flexibility index (Phi) is 6.51. The zero-order valence-corrected chi connectivity index (χ0v) is 16.3. The first-order chi connectivity index (χ1) is 13.0. The van der Waals surface area contributed by atoms with Gasteiger partial charge in [0.15, 0.2) is 0 Å². The highest BCUT2D eigenvalue weighted by Crippen LogP contribution is 2.21. The van der Waals surface area contributed by atoms with Gasteiger partial charge in [-0.25, -0.2) is 0 Å². The summed E-state index contributed by atoms with van der Waals surface area (Å²) in [5, 5.41) is 3.72. The van der Waals surface area contributed by atoms with Crippen molar-refractivity contribution in [3.05, 3.63) is 70.2 Å². The number of aryl methyl sites for hydroxylation is 1. The molecule has 2 aromatic rings. The first kappa shape index (κ1) is 19.4. The van der Waals surface area contributed by atoms with Crippen LogP contribution in [0.4, 0.5) is 0 Å². The average molecular weight is 385 g/mol. The summed E-state index contributed by atoms with van der Waals surface area (Å²) >= 11 is 5.92. The predicted molar refractivity (Wildman–Crippen MR) is 107 cm³/mol. The number of rotatable bonds is 6. The minimum absolute atomic E-state index is 0.0391. The van der Waals surface area contributed by atoms with E-state index >= 15 is 0 Å². The van der Waals surface area contributed by atoms with Gasteiger partial charge in [-0.1, -0.05) is 48.0 Å². The number of likely N-dealkylation sites (tertiary alicyclic amines) is 1. The zero-order valence-electron chi connectivity index (χ0n) is 15.6. The minimum Gasteiger partial charge on any atom is -0.355 e. The second-order valence-electron chi connectivity index (χ2n) is 7.10. The van der Waals surface area contributed by atoms with E-state index in [9.17, 15) is 9.59 Å². The summed E-state index contributed by atoms with van der Waals surface area (Å²) in [5.41, 5.74) is 3.51. The van der Waals surface area contributed by atoms with Gasteiger partial charge in [0.2, 0.25) is 11.8 Å². The molecular formula is C22H25ClN2O2. The summed E-state index contributed by atoms with van der Waals surface area (Å²) in [4.78, 5) is 26.6. The quantitative estimate of drug-likeness (QED) is 0.824. The molecular weight excluding hydrogens is 360 g/mol. The van der Waals surface area contributed by atoms with Gasteiger partial charge >= 0.3 is 0 Å². The van der Waals surface area contributed by atoms with Crippen molar-refractivity contribution < 1.29 is 9.59 Å². The van der Waals surface area contributed by atoms with Crippen LogP contribution in [0.3, 0.4) is 0 Å². The van der Waals surface area contributed by atoms with E-state index in [4.69, 9.17) is 11.6 Å². The van der Waals surface area contributed by atoms with Crippen molar-refractivity contribution in [1.29, 1.82) is 0 Å². The minimum atomic E-state index is -0.146. The molecule has 1 saturated heterocycles. The Bertz CT molecular complexity index is 804. The number of nitrogens with one attached hydrogen (secondary N) is 1. The molecule has 0 bridgehead atoms. The number of piperidine rings is 1. The van der Waals surface area contributed by atoms with Crippen LogP contribution >= 0.6 is 11.6 Å². The van der Waals surface area contributed by atoms with Crippen LogP contribution < -0.4 is 5.32 Å². The monoisotopic (exact) mass is 384 g/mol. The van der Waals surface area contributed by atoms with Gasteiger partial charge in [-0.2, -0.15) is 0 Å². The number of hydrogen-bond acceptors (Lipinski definition) is 2. The fraction of sp³-hybridized carbons (Fsp3) is 0.364. The number of carbonyl (C=O) groups is 2. The van der Waals surface area contributed by atoms with Crippen molar-refractivity contribution in [3.8, 4) is 0 Å². The third-order valence-electron chi connectivity index (χ3n) is 5.11. The van der Waals surface area contributed by atoms with E-state index in [1.165, 1.54) is 11.1 Å². The van der Waals surface area contributed by atoms with Crippen molar-refractivity contribution >= 4 is 23.4 Å². The fourth-order valence-corrected chi connectivity index (χ4v) is 3.57. The Morgan fingerprint density at radius 1 is 1.19 bits per heavy atom. The fourth-order valence-electron chi connectivity index (χ4n) is 3.45. The van der Waals surface area contributed by atoms with Gasteiger partial charge in [-0.05, 0) is 48.6 Å². The molecule has 2 amide bonds. The van der Waals surface area contributed by atoms with Gasteiger partial charge in [-0.15, -0.1) is 0 Å². The second-order valence-corrected chi connectivity index (χ2v) is 7.54. The maximum absolute atomic E-state index is 12.6. The van der Waals surface area contributed by atoms with Gasteiger partial charge < -0.3 is 10.2 Å². The maximum Gasteiger partial charge on any atom is 0.224 e. The van der Waals surface area contributed by atoms with Gasteiger partial charge in [0, 0.05) is 31.1 Å². The number of nitrogens with zero attached hydrogens (tertiary/aromatic N) is 1. The van der Waals surface area contributed by atoms with E-state index in [1.807, 2.05) is 36.4 Å². The predicted octanol–water partition coefficient (Wildman–Crippen LogP) is 3.75. The van der Waals surface area contributed by atoms with Crippen molar-refractivity contribution in [3.63, 3.8) is 0 Å². The smallest absolute Gasteiger partial charge is 0.224 e. The number of halogens is 1. The van der Waals surface area contributed by atoms with Crippen LogP contribution in [0.1, 0.15) is 29.5 Å². The molecule has 1 N–H and O–H groups in total. The Hall–Kier alpha value is -2.33. The lowest BCUT2D eigenvalue weighted by Crippen LogP contribution is -2.45. The molecule has 0 saturated carbocycles. The number of hydrogen-bond donors (Lipinski definition) is 1. The van der Waals surface area contributed by atoms with Crippen LogP contribution in [0, 0.1) is 12.8 Å². The molecule has 0 aliphatic carbocycles. The Morgan fingerprint density at radius 3 is 2.67 bits per heavy atom. The maximum atomic E-state index is 12.6. The van der Waals surface area contributed by atoms with Crippen LogP contribution in [-0.4, -0.2) is 29.8 Å². The third kappa shape index (κ3) is 5.33. The molecule has 5 heteroatoms. The van der Waals surface area contributed by atoms with E-state index < -0.39 is 0 Å². The largest absolute Gasteiger partial charge is 0.355 e. The molecule has 27 heavy (non-hydrogen) atoms. The molecule has 4 nitrogen and oxygen atoms in total. The first-order valence-electron chi connectivity index (χ1n) is 9.37. The summed E-state index contributed by atoms with van der Waals surface area (Å²) in [6.45, 7) is 3.69. The molecule has 0 aromatic heterocycles.